The number of ether oxygens (including phenoxy) is 3. The molecule has 1 amide bonds. The fourth-order valence-electron chi connectivity index (χ4n) is 4.18. The quantitative estimate of drug-likeness (QED) is 0.802. The molecule has 2 aromatic rings. The normalized spacial score (nSPS) is 23.7. The maximum Gasteiger partial charge on any atom is 0.511 e. The number of carbonyl (C=O) groups excluding carboxylic acids is 3. The van der Waals surface area contributed by atoms with Crippen molar-refractivity contribution in [1.82, 2.24) is 5.32 Å². The summed E-state index contributed by atoms with van der Waals surface area (Å²) in [7, 11) is 1.17. The van der Waals surface area contributed by atoms with Crippen molar-refractivity contribution in [2.75, 3.05) is 7.11 Å². The van der Waals surface area contributed by atoms with Gasteiger partial charge in [0.2, 0.25) is 17.2 Å². The zero-order chi connectivity index (χ0) is 21.0. The second kappa shape index (κ2) is 6.34. The highest BCUT2D eigenvalue weighted by molar-refractivity contribution is 6.12. The highest BCUT2D eigenvalue weighted by Crippen LogP contribution is 2.60. The van der Waals surface area contributed by atoms with Crippen molar-refractivity contribution in [2.24, 2.45) is 0 Å². The van der Waals surface area contributed by atoms with E-state index in [0.717, 1.165) is 5.56 Å². The number of Topliss-reactive ketones (excluding diaryl/α,β-unsaturated/α-hetero) is 1. The minimum Gasteiger partial charge on any atom is -0.445 e. The van der Waals surface area contributed by atoms with Gasteiger partial charge in [-0.1, -0.05) is 50.2 Å². The maximum atomic E-state index is 13.7. The highest BCUT2D eigenvalue weighted by atomic mass is 16.8. The molecule has 1 aliphatic carbocycles. The van der Waals surface area contributed by atoms with E-state index in [-0.39, 0.29) is 5.92 Å². The Kier molecular flexibility index (Phi) is 4.15. The molecule has 7 nitrogen and oxygen atoms in total. The predicted molar refractivity (Wildman–Crippen MR) is 103 cm³/mol. The Hall–Kier alpha value is -3.35. The van der Waals surface area contributed by atoms with Gasteiger partial charge in [-0.05, 0) is 17.5 Å². The van der Waals surface area contributed by atoms with E-state index < -0.39 is 29.2 Å². The highest BCUT2D eigenvalue weighted by Gasteiger charge is 2.74. The van der Waals surface area contributed by atoms with Gasteiger partial charge in [0, 0.05) is 18.1 Å². The summed E-state index contributed by atoms with van der Waals surface area (Å²) in [6.45, 7) is 5.36. The van der Waals surface area contributed by atoms with Gasteiger partial charge in [0.25, 0.3) is 0 Å². The van der Waals surface area contributed by atoms with Gasteiger partial charge < -0.3 is 19.5 Å². The lowest BCUT2D eigenvalue weighted by atomic mass is 9.82. The van der Waals surface area contributed by atoms with E-state index in [1.807, 2.05) is 19.9 Å². The van der Waals surface area contributed by atoms with Crippen LogP contribution in [0.1, 0.15) is 53.7 Å². The lowest BCUT2D eigenvalue weighted by Gasteiger charge is -2.36. The number of hydrogen-bond donors (Lipinski definition) is 1. The lowest BCUT2D eigenvalue weighted by Crippen LogP contribution is -2.61. The van der Waals surface area contributed by atoms with Crippen LogP contribution in [0.15, 0.2) is 42.5 Å². The molecule has 0 saturated carbocycles. The van der Waals surface area contributed by atoms with Crippen molar-refractivity contribution in [3.8, 4) is 5.75 Å². The second-order valence-electron chi connectivity index (χ2n) is 7.49. The SMILES string of the molecule is COC(=O)OC12Oc3cc(C(C)C)ccc3C1(NC(C)=O)C(=O)c1ccccc12. The first-order chi connectivity index (χ1) is 13.8. The van der Waals surface area contributed by atoms with Gasteiger partial charge in [-0.15, -0.1) is 0 Å². The minimum atomic E-state index is -1.91. The van der Waals surface area contributed by atoms with Crippen LogP contribution in [-0.2, 0) is 25.6 Å². The molecule has 0 bridgehead atoms. The van der Waals surface area contributed by atoms with Crippen LogP contribution in [0.25, 0.3) is 0 Å². The van der Waals surface area contributed by atoms with Gasteiger partial charge in [-0.3, -0.25) is 9.59 Å². The molecule has 0 spiro atoms. The summed E-state index contributed by atoms with van der Waals surface area (Å²) < 4.78 is 16.6. The average molecular weight is 395 g/mol. The number of amides is 1. The molecule has 7 heteroatoms. The van der Waals surface area contributed by atoms with E-state index in [1.165, 1.54) is 14.0 Å². The number of hydrogen-bond acceptors (Lipinski definition) is 6. The molecule has 1 N–H and O–H groups in total. The molecule has 29 heavy (non-hydrogen) atoms. The smallest absolute Gasteiger partial charge is 0.445 e. The molecule has 2 aliphatic rings. The Morgan fingerprint density at radius 1 is 1.10 bits per heavy atom. The molecule has 0 fully saturated rings. The molecule has 2 atom stereocenters. The van der Waals surface area contributed by atoms with Crippen LogP contribution in [-0.4, -0.2) is 25.0 Å². The molecule has 2 unspecified atom stereocenters. The summed E-state index contributed by atoms with van der Waals surface area (Å²) in [5.74, 6) is -2.20. The zero-order valence-electron chi connectivity index (χ0n) is 16.6. The van der Waals surface area contributed by atoms with Crippen molar-refractivity contribution >= 4 is 17.8 Å². The van der Waals surface area contributed by atoms with Gasteiger partial charge >= 0.3 is 11.9 Å². The van der Waals surface area contributed by atoms with Gasteiger partial charge in [0.05, 0.1) is 12.7 Å². The van der Waals surface area contributed by atoms with Crippen molar-refractivity contribution < 1.29 is 28.6 Å². The van der Waals surface area contributed by atoms with Crippen LogP contribution in [0.2, 0.25) is 0 Å². The average Bonchev–Trinajstić information content (AvgIpc) is 3.06. The lowest BCUT2D eigenvalue weighted by molar-refractivity contribution is -0.187. The number of benzene rings is 2. The Labute approximate surface area is 168 Å². The molecule has 0 aromatic heterocycles. The van der Waals surface area contributed by atoms with Crippen LogP contribution in [0.5, 0.6) is 5.75 Å². The topological polar surface area (TPSA) is 90.9 Å². The van der Waals surface area contributed by atoms with Crippen LogP contribution in [0, 0.1) is 0 Å². The van der Waals surface area contributed by atoms with Crippen molar-refractivity contribution in [3.63, 3.8) is 0 Å². The summed E-state index contributed by atoms with van der Waals surface area (Å²) in [5, 5.41) is 2.74. The van der Waals surface area contributed by atoms with E-state index in [4.69, 9.17) is 14.2 Å². The first kappa shape index (κ1) is 19.0. The zero-order valence-corrected chi connectivity index (χ0v) is 16.6. The molecule has 0 saturated heterocycles. The van der Waals surface area contributed by atoms with Gasteiger partial charge in [0.1, 0.15) is 5.75 Å². The first-order valence-electron chi connectivity index (χ1n) is 9.30. The standard InChI is InChI=1S/C22H21NO6/c1-12(2)14-9-10-17-18(11-14)28-22(29-20(26)27-4)16-8-6-5-7-15(16)19(25)21(17,22)23-13(3)24/h5-12H,1-4H3,(H,23,24). The van der Waals surface area contributed by atoms with E-state index in [0.29, 0.717) is 22.4 Å². The van der Waals surface area contributed by atoms with Crippen LogP contribution < -0.4 is 10.1 Å². The fourth-order valence-corrected chi connectivity index (χ4v) is 4.18. The largest absolute Gasteiger partial charge is 0.511 e. The fraction of sp³-hybridized carbons (Fsp3) is 0.318. The number of methoxy groups -OCH3 is 1. The number of rotatable bonds is 3. The summed E-state index contributed by atoms with van der Waals surface area (Å²) in [6, 6.07) is 12.1. The van der Waals surface area contributed by atoms with Gasteiger partial charge in [0.15, 0.2) is 0 Å². The summed E-state index contributed by atoms with van der Waals surface area (Å²) in [5.41, 5.74) is 0.328. The molecule has 1 aliphatic heterocycles. The van der Waals surface area contributed by atoms with E-state index in [2.05, 4.69) is 5.32 Å². The monoisotopic (exact) mass is 395 g/mol. The second-order valence-corrected chi connectivity index (χ2v) is 7.49. The Bertz CT molecular complexity index is 1050. The molecule has 1 heterocycles. The number of ketones is 1. The maximum absolute atomic E-state index is 13.7. The Balaban J connectivity index is 2.04. The van der Waals surface area contributed by atoms with Crippen LogP contribution in [0.4, 0.5) is 4.79 Å². The number of nitrogens with one attached hydrogen (secondary N) is 1. The van der Waals surface area contributed by atoms with Crippen molar-refractivity contribution in [1.29, 1.82) is 0 Å². The van der Waals surface area contributed by atoms with Crippen LogP contribution >= 0.6 is 0 Å². The third-order valence-corrected chi connectivity index (χ3v) is 5.45. The molecular weight excluding hydrogens is 374 g/mol. The van der Waals surface area contributed by atoms with E-state index in [9.17, 15) is 14.4 Å². The Morgan fingerprint density at radius 2 is 1.83 bits per heavy atom. The third-order valence-electron chi connectivity index (χ3n) is 5.45. The van der Waals surface area contributed by atoms with E-state index >= 15 is 0 Å². The van der Waals surface area contributed by atoms with Crippen LogP contribution in [0.3, 0.4) is 0 Å². The molecule has 150 valence electrons. The van der Waals surface area contributed by atoms with Gasteiger partial charge in [-0.2, -0.15) is 0 Å². The predicted octanol–water partition coefficient (Wildman–Crippen LogP) is 3.37. The number of carbonyl (C=O) groups is 3. The number of fused-ring (bicyclic) bond motifs is 5. The first-order valence-corrected chi connectivity index (χ1v) is 9.30. The minimum absolute atomic E-state index is 0.210. The summed E-state index contributed by atoms with van der Waals surface area (Å²) in [6.07, 6.45) is -1.03. The van der Waals surface area contributed by atoms with Crippen molar-refractivity contribution in [3.05, 3.63) is 64.7 Å². The Morgan fingerprint density at radius 3 is 2.48 bits per heavy atom. The van der Waals surface area contributed by atoms with Crippen molar-refractivity contribution in [2.45, 2.75) is 38.0 Å². The third kappa shape index (κ3) is 2.40. The summed E-state index contributed by atoms with van der Waals surface area (Å²) in [4.78, 5) is 38.1. The van der Waals surface area contributed by atoms with Gasteiger partial charge in [-0.25, -0.2) is 4.79 Å². The molecule has 4 rings (SSSR count). The molecule has 2 aromatic carbocycles. The molecular formula is C22H21NO6. The molecule has 0 radical (unpaired) electrons. The van der Waals surface area contributed by atoms with E-state index in [1.54, 1.807) is 36.4 Å². The summed E-state index contributed by atoms with van der Waals surface area (Å²) >= 11 is 0.